The monoisotopic (exact) mass is 461 g/mol. The van der Waals surface area contributed by atoms with Crippen molar-refractivity contribution in [2.24, 2.45) is 0 Å². The van der Waals surface area contributed by atoms with Gasteiger partial charge in [0.25, 0.3) is 0 Å². The van der Waals surface area contributed by atoms with Crippen molar-refractivity contribution in [3.8, 4) is 22.5 Å². The van der Waals surface area contributed by atoms with E-state index in [4.69, 9.17) is 0 Å². The summed E-state index contributed by atoms with van der Waals surface area (Å²) in [5.74, 6) is 0. The highest BCUT2D eigenvalue weighted by atomic mass is 15.1. The Morgan fingerprint density at radius 1 is 1.06 bits per heavy atom. The first-order valence-electron chi connectivity index (χ1n) is 11.5. The lowest BCUT2D eigenvalue weighted by Crippen LogP contribution is -2.23. The second-order valence-corrected chi connectivity index (χ2v) is 8.69. The van der Waals surface area contributed by atoms with Gasteiger partial charge in [0.1, 0.15) is 5.69 Å². The minimum atomic E-state index is 0.319. The molecule has 0 aromatic carbocycles. The standard InChI is InChI=1S/C28H27N7/c1-5-25-23(9-18(4)20-10-21(14-30-13-20)32-17(2)3)28(35-34-25)26-11-22-24(15-31-16-27(22)33-26)19-7-6-8-29-12-19/h5-17,32-34H,4H2,1-3H3/b23-9+,25-5+. The van der Waals surface area contributed by atoms with Gasteiger partial charge < -0.3 is 10.3 Å². The zero-order valence-corrected chi connectivity index (χ0v) is 20.0. The number of anilines is 1. The first-order chi connectivity index (χ1) is 17.0. The molecule has 0 fully saturated rings. The Morgan fingerprint density at radius 2 is 1.91 bits per heavy atom. The maximum atomic E-state index is 4.64. The van der Waals surface area contributed by atoms with Crippen molar-refractivity contribution in [3.05, 3.63) is 84.2 Å². The van der Waals surface area contributed by atoms with Crippen LogP contribution >= 0.6 is 0 Å². The average Bonchev–Trinajstić information content (AvgIpc) is 3.48. The number of aromatic amines is 2. The Kier molecular flexibility index (Phi) is 5.97. The fourth-order valence-electron chi connectivity index (χ4n) is 4.15. The summed E-state index contributed by atoms with van der Waals surface area (Å²) in [7, 11) is 0. The van der Waals surface area contributed by atoms with E-state index in [1.807, 2.05) is 56.1 Å². The van der Waals surface area contributed by atoms with Crippen molar-refractivity contribution < 1.29 is 0 Å². The maximum absolute atomic E-state index is 4.64. The van der Waals surface area contributed by atoms with Gasteiger partial charge in [0.2, 0.25) is 0 Å². The fraction of sp³-hybridized carbons (Fsp3) is 0.143. The van der Waals surface area contributed by atoms with Crippen molar-refractivity contribution in [1.82, 2.24) is 30.1 Å². The Hall–Kier alpha value is -4.52. The Balaban J connectivity index is 1.61. The summed E-state index contributed by atoms with van der Waals surface area (Å²) in [6, 6.07) is 8.46. The van der Waals surface area contributed by atoms with Crippen LogP contribution in [0, 0.1) is 0 Å². The predicted molar refractivity (Wildman–Crippen MR) is 143 cm³/mol. The van der Waals surface area contributed by atoms with E-state index >= 15 is 0 Å². The fourth-order valence-corrected chi connectivity index (χ4v) is 4.15. The van der Waals surface area contributed by atoms with E-state index in [2.05, 4.69) is 74.1 Å². The number of fused-ring (bicyclic) bond motifs is 1. The maximum Gasteiger partial charge on any atom is 0.116 e. The third-order valence-electron chi connectivity index (χ3n) is 5.78. The highest BCUT2D eigenvalue weighted by Crippen LogP contribution is 2.30. The first-order valence-corrected chi connectivity index (χ1v) is 11.5. The molecule has 3 N–H and O–H groups in total. The van der Waals surface area contributed by atoms with Gasteiger partial charge in [-0.2, -0.15) is 5.10 Å². The van der Waals surface area contributed by atoms with E-state index in [-0.39, 0.29) is 0 Å². The number of H-pyrrole nitrogens is 2. The van der Waals surface area contributed by atoms with E-state index in [1.54, 1.807) is 6.20 Å². The number of nitrogens with zero attached hydrogens (tertiary/aromatic N) is 4. The Bertz CT molecular complexity index is 1630. The van der Waals surface area contributed by atoms with Crippen LogP contribution in [0.25, 0.3) is 51.1 Å². The molecule has 7 heteroatoms. The molecular weight excluding hydrogens is 434 g/mol. The molecule has 0 saturated carbocycles. The molecule has 5 rings (SSSR count). The quantitative estimate of drug-likeness (QED) is 0.345. The van der Waals surface area contributed by atoms with Gasteiger partial charge in [-0.25, -0.2) is 0 Å². The van der Waals surface area contributed by atoms with Gasteiger partial charge in [-0.15, -0.1) is 0 Å². The Labute approximate surface area is 203 Å². The largest absolute Gasteiger partial charge is 0.382 e. The van der Waals surface area contributed by atoms with Crippen molar-refractivity contribution in [2.45, 2.75) is 26.8 Å². The van der Waals surface area contributed by atoms with Crippen LogP contribution in [-0.2, 0) is 0 Å². The number of nitrogens with one attached hydrogen (secondary N) is 3. The van der Waals surface area contributed by atoms with Crippen LogP contribution in [0.3, 0.4) is 0 Å². The zero-order chi connectivity index (χ0) is 24.4. The first kappa shape index (κ1) is 22.3. The molecule has 5 aromatic rings. The molecule has 0 aliphatic heterocycles. The summed E-state index contributed by atoms with van der Waals surface area (Å²) in [6.07, 6.45) is 15.0. The molecule has 5 heterocycles. The number of hydrogen-bond donors (Lipinski definition) is 3. The highest BCUT2D eigenvalue weighted by molar-refractivity contribution is 5.97. The van der Waals surface area contributed by atoms with Gasteiger partial charge in [-0.1, -0.05) is 18.7 Å². The summed E-state index contributed by atoms with van der Waals surface area (Å²) in [5.41, 5.74) is 7.45. The summed E-state index contributed by atoms with van der Waals surface area (Å²) in [6.45, 7) is 10.5. The van der Waals surface area contributed by atoms with Crippen molar-refractivity contribution >= 4 is 34.3 Å². The lowest BCUT2D eigenvalue weighted by molar-refractivity contribution is 0.897. The lowest BCUT2D eigenvalue weighted by atomic mass is 10.1. The number of rotatable bonds is 6. The number of aromatic nitrogens is 6. The summed E-state index contributed by atoms with van der Waals surface area (Å²) >= 11 is 0. The molecule has 0 atom stereocenters. The second-order valence-electron chi connectivity index (χ2n) is 8.69. The predicted octanol–water partition coefficient (Wildman–Crippen LogP) is 4.52. The van der Waals surface area contributed by atoms with E-state index in [1.165, 1.54) is 0 Å². The number of hydrogen-bond acceptors (Lipinski definition) is 5. The van der Waals surface area contributed by atoms with E-state index in [9.17, 15) is 0 Å². The molecule has 7 nitrogen and oxygen atoms in total. The topological polar surface area (TPSA) is 95.2 Å². The second kappa shape index (κ2) is 9.38. The molecule has 5 aromatic heterocycles. The molecular formula is C28H27N7. The van der Waals surface area contributed by atoms with Gasteiger partial charge in [-0.3, -0.25) is 20.1 Å². The van der Waals surface area contributed by atoms with Crippen LogP contribution in [0.15, 0.2) is 68.0 Å². The minimum absolute atomic E-state index is 0.319. The SMILES string of the molecule is C=C(/C=c1/c(-c2cc3c(-c4cccnc4)cncc3[nH]2)n[nH]/c1=C/C)c1cncc(NC(C)C)c1. The van der Waals surface area contributed by atoms with Crippen LogP contribution < -0.4 is 15.9 Å². The smallest absolute Gasteiger partial charge is 0.116 e. The molecule has 0 radical (unpaired) electrons. The molecule has 0 aliphatic carbocycles. The average molecular weight is 462 g/mol. The van der Waals surface area contributed by atoms with Crippen molar-refractivity contribution in [3.63, 3.8) is 0 Å². The molecule has 0 bridgehead atoms. The Morgan fingerprint density at radius 3 is 2.69 bits per heavy atom. The summed E-state index contributed by atoms with van der Waals surface area (Å²) < 4.78 is 0. The van der Waals surface area contributed by atoms with Gasteiger partial charge in [-0.05, 0) is 50.6 Å². The van der Waals surface area contributed by atoms with Crippen LogP contribution in [0.1, 0.15) is 26.3 Å². The van der Waals surface area contributed by atoms with Crippen LogP contribution in [0.2, 0.25) is 0 Å². The van der Waals surface area contributed by atoms with Crippen LogP contribution in [0.5, 0.6) is 0 Å². The lowest BCUT2D eigenvalue weighted by Gasteiger charge is -2.10. The molecule has 0 aliphatic rings. The third kappa shape index (κ3) is 4.48. The molecule has 35 heavy (non-hydrogen) atoms. The normalized spacial score (nSPS) is 12.6. The minimum Gasteiger partial charge on any atom is -0.382 e. The summed E-state index contributed by atoms with van der Waals surface area (Å²) in [4.78, 5) is 16.6. The van der Waals surface area contributed by atoms with Gasteiger partial charge in [0.15, 0.2) is 0 Å². The highest BCUT2D eigenvalue weighted by Gasteiger charge is 2.13. The van der Waals surface area contributed by atoms with Crippen molar-refractivity contribution in [1.29, 1.82) is 0 Å². The molecule has 174 valence electrons. The van der Waals surface area contributed by atoms with E-state index in [0.717, 1.165) is 60.8 Å². The summed E-state index contributed by atoms with van der Waals surface area (Å²) in [5, 5.41) is 14.1. The zero-order valence-electron chi connectivity index (χ0n) is 20.0. The van der Waals surface area contributed by atoms with Crippen molar-refractivity contribution in [2.75, 3.05) is 5.32 Å². The molecule has 0 spiro atoms. The van der Waals surface area contributed by atoms with E-state index < -0.39 is 0 Å². The van der Waals surface area contributed by atoms with Crippen LogP contribution in [-0.4, -0.2) is 36.2 Å². The molecule has 0 amide bonds. The van der Waals surface area contributed by atoms with Gasteiger partial charge in [0, 0.05) is 64.3 Å². The number of pyridine rings is 3. The molecule has 0 saturated heterocycles. The number of allylic oxidation sites excluding steroid dienone is 1. The van der Waals surface area contributed by atoms with Crippen LogP contribution in [0.4, 0.5) is 5.69 Å². The third-order valence-corrected chi connectivity index (χ3v) is 5.78. The molecule has 0 unspecified atom stereocenters. The van der Waals surface area contributed by atoms with Gasteiger partial charge in [0.05, 0.1) is 28.4 Å². The van der Waals surface area contributed by atoms with Gasteiger partial charge >= 0.3 is 0 Å². The van der Waals surface area contributed by atoms with E-state index in [0.29, 0.717) is 6.04 Å².